The summed E-state index contributed by atoms with van der Waals surface area (Å²) in [4.78, 5) is 11.3. The number of rotatable bonds is 9. The van der Waals surface area contributed by atoms with Crippen LogP contribution in [0.15, 0.2) is 28.7 Å². The summed E-state index contributed by atoms with van der Waals surface area (Å²) in [6.07, 6.45) is 0. The number of amides is 1. The monoisotopic (exact) mass is 331 g/mol. The van der Waals surface area contributed by atoms with Gasteiger partial charge in [-0.1, -0.05) is 22.0 Å². The third-order valence-corrected chi connectivity index (χ3v) is 2.65. The number of methoxy groups -OCH3 is 1. The van der Waals surface area contributed by atoms with E-state index in [2.05, 4.69) is 21.2 Å². The van der Waals surface area contributed by atoms with Crippen LogP contribution in [-0.4, -0.2) is 46.0 Å². The Balaban J connectivity index is 2.05. The van der Waals surface area contributed by atoms with E-state index in [1.165, 1.54) is 0 Å². The predicted octanol–water partition coefficient (Wildman–Crippen LogP) is 1.61. The van der Waals surface area contributed by atoms with Crippen LogP contribution in [0.3, 0.4) is 0 Å². The number of hydrogen-bond donors (Lipinski definition) is 1. The Hall–Kier alpha value is -1.11. The third-order valence-electron chi connectivity index (χ3n) is 2.15. The van der Waals surface area contributed by atoms with Crippen LogP contribution >= 0.6 is 15.9 Å². The first-order valence-corrected chi connectivity index (χ1v) is 6.73. The number of hydrogen-bond acceptors (Lipinski definition) is 4. The number of carbonyl (C=O) groups excluding carboxylic acids is 1. The Morgan fingerprint density at radius 2 is 2.16 bits per heavy atom. The Bertz CT molecular complexity index is 387. The molecule has 0 atom stereocenters. The molecule has 19 heavy (non-hydrogen) atoms. The molecule has 106 valence electrons. The summed E-state index contributed by atoms with van der Waals surface area (Å²) in [6.45, 7) is 1.80. The van der Waals surface area contributed by atoms with Crippen LogP contribution in [0.5, 0.6) is 5.75 Å². The van der Waals surface area contributed by atoms with Crippen molar-refractivity contribution in [1.29, 1.82) is 0 Å². The number of carbonyl (C=O) groups is 1. The second kappa shape index (κ2) is 9.77. The fourth-order valence-electron chi connectivity index (χ4n) is 1.27. The van der Waals surface area contributed by atoms with E-state index in [0.29, 0.717) is 26.4 Å². The number of benzene rings is 1. The standard InChI is InChI=1S/C13H18BrNO4/c1-17-7-8-18-10-13(16)15-5-6-19-12-4-2-3-11(14)9-12/h2-4,9H,5-8,10H2,1H3,(H,15,16). The predicted molar refractivity (Wildman–Crippen MR) is 75.3 cm³/mol. The first-order valence-electron chi connectivity index (χ1n) is 5.94. The molecular formula is C13H18BrNO4. The summed E-state index contributed by atoms with van der Waals surface area (Å²) >= 11 is 3.36. The molecule has 0 bridgehead atoms. The van der Waals surface area contributed by atoms with E-state index < -0.39 is 0 Å². The summed E-state index contributed by atoms with van der Waals surface area (Å²) in [5.41, 5.74) is 0. The second-order valence-corrected chi connectivity index (χ2v) is 4.62. The van der Waals surface area contributed by atoms with Crippen molar-refractivity contribution in [2.24, 2.45) is 0 Å². The summed E-state index contributed by atoms with van der Waals surface area (Å²) in [7, 11) is 1.59. The molecular weight excluding hydrogens is 314 g/mol. The maximum absolute atomic E-state index is 11.3. The van der Waals surface area contributed by atoms with E-state index in [0.717, 1.165) is 10.2 Å². The molecule has 0 heterocycles. The van der Waals surface area contributed by atoms with Gasteiger partial charge in [0, 0.05) is 11.6 Å². The summed E-state index contributed by atoms with van der Waals surface area (Å²) in [6, 6.07) is 7.55. The van der Waals surface area contributed by atoms with Gasteiger partial charge in [0.25, 0.3) is 0 Å². The van der Waals surface area contributed by atoms with E-state index in [1.54, 1.807) is 7.11 Å². The molecule has 1 rings (SSSR count). The van der Waals surface area contributed by atoms with Gasteiger partial charge in [-0.05, 0) is 18.2 Å². The molecule has 0 aliphatic heterocycles. The van der Waals surface area contributed by atoms with E-state index in [-0.39, 0.29) is 12.5 Å². The molecule has 1 aromatic carbocycles. The lowest BCUT2D eigenvalue weighted by atomic mass is 10.3. The number of nitrogens with one attached hydrogen (secondary N) is 1. The maximum Gasteiger partial charge on any atom is 0.246 e. The molecule has 1 amide bonds. The molecule has 0 aliphatic carbocycles. The molecule has 0 unspecified atom stereocenters. The van der Waals surface area contributed by atoms with Crippen LogP contribution in [0.2, 0.25) is 0 Å². The van der Waals surface area contributed by atoms with Crippen LogP contribution in [0.4, 0.5) is 0 Å². The molecule has 1 N–H and O–H groups in total. The van der Waals surface area contributed by atoms with Crippen molar-refractivity contribution in [1.82, 2.24) is 5.32 Å². The highest BCUT2D eigenvalue weighted by Gasteiger charge is 2.00. The summed E-state index contributed by atoms with van der Waals surface area (Å²) in [5.74, 6) is 0.605. The van der Waals surface area contributed by atoms with Gasteiger partial charge < -0.3 is 19.5 Å². The fraction of sp³-hybridized carbons (Fsp3) is 0.462. The molecule has 1 aromatic rings. The van der Waals surface area contributed by atoms with E-state index in [4.69, 9.17) is 14.2 Å². The van der Waals surface area contributed by atoms with Gasteiger partial charge in [0.05, 0.1) is 19.8 Å². The molecule has 5 nitrogen and oxygen atoms in total. The van der Waals surface area contributed by atoms with Crippen LogP contribution in [-0.2, 0) is 14.3 Å². The van der Waals surface area contributed by atoms with Crippen LogP contribution in [0.1, 0.15) is 0 Å². The van der Waals surface area contributed by atoms with Gasteiger partial charge >= 0.3 is 0 Å². The average molecular weight is 332 g/mol. The van der Waals surface area contributed by atoms with Crippen molar-refractivity contribution >= 4 is 21.8 Å². The lowest BCUT2D eigenvalue weighted by Gasteiger charge is -2.08. The van der Waals surface area contributed by atoms with Gasteiger partial charge in [0.2, 0.25) is 5.91 Å². The fourth-order valence-corrected chi connectivity index (χ4v) is 1.65. The van der Waals surface area contributed by atoms with Crippen molar-refractivity contribution in [2.75, 3.05) is 40.1 Å². The molecule has 0 saturated carbocycles. The molecule has 0 fully saturated rings. The minimum Gasteiger partial charge on any atom is -0.492 e. The molecule has 0 spiro atoms. The topological polar surface area (TPSA) is 56.8 Å². The van der Waals surface area contributed by atoms with Gasteiger partial charge in [-0.15, -0.1) is 0 Å². The lowest BCUT2D eigenvalue weighted by molar-refractivity contribution is -0.126. The van der Waals surface area contributed by atoms with Gasteiger partial charge in [-0.3, -0.25) is 4.79 Å². The minimum atomic E-state index is -0.158. The Morgan fingerprint density at radius 3 is 2.89 bits per heavy atom. The van der Waals surface area contributed by atoms with E-state index in [9.17, 15) is 4.79 Å². The van der Waals surface area contributed by atoms with E-state index in [1.807, 2.05) is 24.3 Å². The van der Waals surface area contributed by atoms with Crippen LogP contribution in [0, 0.1) is 0 Å². The summed E-state index contributed by atoms with van der Waals surface area (Å²) < 4.78 is 16.3. The number of ether oxygens (including phenoxy) is 3. The molecule has 0 aliphatic rings. The molecule has 0 radical (unpaired) electrons. The zero-order valence-electron chi connectivity index (χ0n) is 10.9. The Labute approximate surface area is 121 Å². The largest absolute Gasteiger partial charge is 0.492 e. The zero-order chi connectivity index (χ0) is 13.9. The molecule has 0 aromatic heterocycles. The highest BCUT2D eigenvalue weighted by molar-refractivity contribution is 9.10. The normalized spacial score (nSPS) is 10.2. The third kappa shape index (κ3) is 7.81. The quantitative estimate of drug-likeness (QED) is 0.698. The van der Waals surface area contributed by atoms with Crippen molar-refractivity contribution in [3.63, 3.8) is 0 Å². The minimum absolute atomic E-state index is 0.0419. The van der Waals surface area contributed by atoms with Gasteiger partial charge in [0.15, 0.2) is 0 Å². The van der Waals surface area contributed by atoms with Crippen LogP contribution < -0.4 is 10.1 Å². The summed E-state index contributed by atoms with van der Waals surface area (Å²) in [5, 5.41) is 2.70. The first-order chi connectivity index (χ1) is 9.22. The van der Waals surface area contributed by atoms with E-state index >= 15 is 0 Å². The van der Waals surface area contributed by atoms with Crippen molar-refractivity contribution < 1.29 is 19.0 Å². The lowest BCUT2D eigenvalue weighted by Crippen LogP contribution is -2.31. The van der Waals surface area contributed by atoms with Crippen molar-refractivity contribution in [2.45, 2.75) is 0 Å². The first kappa shape index (κ1) is 15.9. The van der Waals surface area contributed by atoms with Gasteiger partial charge in [-0.2, -0.15) is 0 Å². The SMILES string of the molecule is COCCOCC(=O)NCCOc1cccc(Br)c1. The van der Waals surface area contributed by atoms with Gasteiger partial charge in [-0.25, -0.2) is 0 Å². The van der Waals surface area contributed by atoms with Crippen molar-refractivity contribution in [3.05, 3.63) is 28.7 Å². The number of halogens is 1. The zero-order valence-corrected chi connectivity index (χ0v) is 12.4. The second-order valence-electron chi connectivity index (χ2n) is 3.70. The average Bonchev–Trinajstić information content (AvgIpc) is 2.40. The Kier molecular flexibility index (Phi) is 8.20. The molecule has 0 saturated heterocycles. The van der Waals surface area contributed by atoms with Gasteiger partial charge in [0.1, 0.15) is 19.0 Å². The highest BCUT2D eigenvalue weighted by atomic mass is 79.9. The smallest absolute Gasteiger partial charge is 0.246 e. The maximum atomic E-state index is 11.3. The van der Waals surface area contributed by atoms with Crippen LogP contribution in [0.25, 0.3) is 0 Å². The van der Waals surface area contributed by atoms with Crippen molar-refractivity contribution in [3.8, 4) is 5.75 Å². The molecule has 6 heteroatoms. The highest BCUT2D eigenvalue weighted by Crippen LogP contribution is 2.17. The Morgan fingerprint density at radius 1 is 1.32 bits per heavy atom.